The van der Waals surface area contributed by atoms with Crippen LogP contribution in [0, 0.1) is 12.3 Å². The van der Waals surface area contributed by atoms with Gasteiger partial charge in [-0.2, -0.15) is 0 Å². The molecule has 0 saturated carbocycles. The van der Waals surface area contributed by atoms with E-state index in [2.05, 4.69) is 9.71 Å². The van der Waals surface area contributed by atoms with E-state index in [0.717, 1.165) is 5.56 Å². The number of aromatic nitrogens is 1. The first-order valence-electron chi connectivity index (χ1n) is 7.22. The van der Waals surface area contributed by atoms with Gasteiger partial charge in [0.25, 0.3) is 0 Å². The highest BCUT2D eigenvalue weighted by atomic mass is 32.2. The Hall–Kier alpha value is -1.50. The molecule has 0 fully saturated rings. The molecule has 0 bridgehead atoms. The van der Waals surface area contributed by atoms with Crippen LogP contribution in [-0.2, 0) is 10.0 Å². The summed E-state index contributed by atoms with van der Waals surface area (Å²) in [6.45, 7) is 6.04. The van der Waals surface area contributed by atoms with Crippen LogP contribution >= 0.6 is 0 Å². The highest BCUT2D eigenvalue weighted by Gasteiger charge is 2.23. The van der Waals surface area contributed by atoms with E-state index < -0.39 is 10.0 Å². The van der Waals surface area contributed by atoms with Crippen LogP contribution in [0.25, 0.3) is 10.9 Å². The normalized spacial score (nSPS) is 12.7. The molecular weight excluding hydrogens is 300 g/mol. The lowest BCUT2D eigenvalue weighted by molar-refractivity contribution is 0.213. The third-order valence-electron chi connectivity index (χ3n) is 3.75. The molecule has 0 aliphatic carbocycles. The van der Waals surface area contributed by atoms with Crippen molar-refractivity contribution in [1.29, 1.82) is 0 Å². The Morgan fingerprint density at radius 1 is 1.27 bits per heavy atom. The molecule has 0 spiro atoms. The van der Waals surface area contributed by atoms with Crippen LogP contribution in [0.4, 0.5) is 0 Å². The minimum atomic E-state index is -3.63. The number of rotatable bonds is 6. The van der Waals surface area contributed by atoms with Crippen LogP contribution in [0.2, 0.25) is 0 Å². The van der Waals surface area contributed by atoms with Gasteiger partial charge >= 0.3 is 0 Å². The van der Waals surface area contributed by atoms with E-state index in [0.29, 0.717) is 17.3 Å². The van der Waals surface area contributed by atoms with Gasteiger partial charge in [0.2, 0.25) is 10.0 Å². The van der Waals surface area contributed by atoms with Crippen molar-refractivity contribution in [2.75, 3.05) is 13.2 Å². The molecule has 0 unspecified atom stereocenters. The predicted octanol–water partition coefficient (Wildman–Crippen LogP) is 2.23. The van der Waals surface area contributed by atoms with Crippen molar-refractivity contribution in [2.45, 2.75) is 32.1 Å². The lowest BCUT2D eigenvalue weighted by Crippen LogP contribution is -2.34. The van der Waals surface area contributed by atoms with Gasteiger partial charge in [-0.15, -0.1) is 0 Å². The second kappa shape index (κ2) is 6.32. The highest BCUT2D eigenvalue weighted by Crippen LogP contribution is 2.25. The van der Waals surface area contributed by atoms with Gasteiger partial charge in [0.1, 0.15) is 0 Å². The molecular formula is C16H22N2O3S. The van der Waals surface area contributed by atoms with Crippen LogP contribution in [0.15, 0.2) is 35.4 Å². The smallest absolute Gasteiger partial charge is 0.241 e. The topological polar surface area (TPSA) is 79.3 Å². The van der Waals surface area contributed by atoms with E-state index >= 15 is 0 Å². The SMILES string of the molecule is Cc1ccc(S(=O)(=O)NCC(C)(C)CCO)c2cccnc12. The molecule has 5 nitrogen and oxygen atoms in total. The molecule has 0 atom stereocenters. The van der Waals surface area contributed by atoms with Crippen molar-refractivity contribution in [3.63, 3.8) is 0 Å². The fourth-order valence-electron chi connectivity index (χ4n) is 2.28. The number of hydrogen-bond acceptors (Lipinski definition) is 4. The number of pyridine rings is 1. The molecule has 1 heterocycles. The number of benzene rings is 1. The Morgan fingerprint density at radius 2 is 2.00 bits per heavy atom. The van der Waals surface area contributed by atoms with Gasteiger partial charge in [-0.3, -0.25) is 4.98 Å². The molecule has 1 aromatic heterocycles. The monoisotopic (exact) mass is 322 g/mol. The zero-order valence-electron chi connectivity index (χ0n) is 13.1. The summed E-state index contributed by atoms with van der Waals surface area (Å²) >= 11 is 0. The maximum absolute atomic E-state index is 12.6. The van der Waals surface area contributed by atoms with Gasteiger partial charge in [0, 0.05) is 24.7 Å². The molecule has 0 aliphatic rings. The Kier molecular flexibility index (Phi) is 4.84. The van der Waals surface area contributed by atoms with Crippen molar-refractivity contribution in [1.82, 2.24) is 9.71 Å². The van der Waals surface area contributed by atoms with E-state index in [-0.39, 0.29) is 23.5 Å². The van der Waals surface area contributed by atoms with Crippen LogP contribution < -0.4 is 4.72 Å². The summed E-state index contributed by atoms with van der Waals surface area (Å²) in [4.78, 5) is 4.50. The summed E-state index contributed by atoms with van der Waals surface area (Å²) in [5.41, 5.74) is 1.33. The van der Waals surface area contributed by atoms with Crippen molar-refractivity contribution in [3.05, 3.63) is 36.0 Å². The van der Waals surface area contributed by atoms with E-state index in [1.54, 1.807) is 30.5 Å². The van der Waals surface area contributed by atoms with Crippen LogP contribution in [0.5, 0.6) is 0 Å². The number of nitrogens with zero attached hydrogens (tertiary/aromatic N) is 1. The summed E-state index contributed by atoms with van der Waals surface area (Å²) in [7, 11) is -3.63. The quantitative estimate of drug-likeness (QED) is 0.855. The molecule has 2 rings (SSSR count). The second-order valence-corrected chi connectivity index (χ2v) is 7.98. The molecule has 0 radical (unpaired) electrons. The van der Waals surface area contributed by atoms with E-state index in [9.17, 15) is 8.42 Å². The minimum absolute atomic E-state index is 0.0338. The maximum Gasteiger partial charge on any atom is 0.241 e. The van der Waals surface area contributed by atoms with Crippen molar-refractivity contribution in [3.8, 4) is 0 Å². The summed E-state index contributed by atoms with van der Waals surface area (Å²) in [6.07, 6.45) is 2.19. The van der Waals surface area contributed by atoms with Crippen LogP contribution in [-0.4, -0.2) is 31.7 Å². The van der Waals surface area contributed by atoms with Crippen molar-refractivity contribution < 1.29 is 13.5 Å². The second-order valence-electron chi connectivity index (χ2n) is 6.24. The van der Waals surface area contributed by atoms with Crippen molar-refractivity contribution in [2.24, 2.45) is 5.41 Å². The predicted molar refractivity (Wildman–Crippen MR) is 87.2 cm³/mol. The zero-order valence-corrected chi connectivity index (χ0v) is 13.9. The largest absolute Gasteiger partial charge is 0.396 e. The fourth-order valence-corrected chi connectivity index (χ4v) is 3.72. The van der Waals surface area contributed by atoms with Gasteiger partial charge in [0.05, 0.1) is 10.4 Å². The van der Waals surface area contributed by atoms with E-state index in [4.69, 9.17) is 5.11 Å². The number of sulfonamides is 1. The third-order valence-corrected chi connectivity index (χ3v) is 5.21. The summed E-state index contributed by atoms with van der Waals surface area (Å²) in [6, 6.07) is 6.88. The lowest BCUT2D eigenvalue weighted by Gasteiger charge is -2.24. The molecule has 22 heavy (non-hydrogen) atoms. The number of nitrogens with one attached hydrogen (secondary N) is 1. The van der Waals surface area contributed by atoms with Crippen LogP contribution in [0.1, 0.15) is 25.8 Å². The number of aliphatic hydroxyl groups excluding tert-OH is 1. The van der Waals surface area contributed by atoms with Gasteiger partial charge < -0.3 is 5.11 Å². The van der Waals surface area contributed by atoms with E-state index in [1.165, 1.54) is 0 Å². The Bertz CT molecular complexity index is 770. The molecule has 1 aromatic carbocycles. The van der Waals surface area contributed by atoms with E-state index in [1.807, 2.05) is 20.8 Å². The Labute approximate surface area is 131 Å². The summed E-state index contributed by atoms with van der Waals surface area (Å²) < 4.78 is 27.9. The molecule has 120 valence electrons. The number of aliphatic hydroxyl groups is 1. The summed E-state index contributed by atoms with van der Waals surface area (Å²) in [5, 5.41) is 9.66. The zero-order chi connectivity index (χ0) is 16.4. The lowest BCUT2D eigenvalue weighted by atomic mass is 9.90. The Morgan fingerprint density at radius 3 is 2.68 bits per heavy atom. The first-order valence-corrected chi connectivity index (χ1v) is 8.70. The summed E-state index contributed by atoms with van der Waals surface area (Å²) in [5.74, 6) is 0. The number of hydrogen-bond donors (Lipinski definition) is 2. The van der Waals surface area contributed by atoms with Gasteiger partial charge in [-0.05, 0) is 42.5 Å². The molecule has 0 amide bonds. The number of aryl methyl sites for hydroxylation is 1. The highest BCUT2D eigenvalue weighted by molar-refractivity contribution is 7.89. The van der Waals surface area contributed by atoms with Gasteiger partial charge in [-0.1, -0.05) is 19.9 Å². The maximum atomic E-state index is 12.6. The molecule has 0 aliphatic heterocycles. The standard InChI is InChI=1S/C16H22N2O3S/c1-12-6-7-14(13-5-4-9-17-15(12)13)22(20,21)18-11-16(2,3)8-10-19/h4-7,9,18-19H,8,10-11H2,1-3H3. The van der Waals surface area contributed by atoms with Crippen molar-refractivity contribution >= 4 is 20.9 Å². The van der Waals surface area contributed by atoms with Crippen LogP contribution in [0.3, 0.4) is 0 Å². The minimum Gasteiger partial charge on any atom is -0.396 e. The molecule has 2 aromatic rings. The average Bonchev–Trinajstić information content (AvgIpc) is 2.46. The number of fused-ring (bicyclic) bond motifs is 1. The Balaban J connectivity index is 2.37. The van der Waals surface area contributed by atoms with Gasteiger partial charge in [-0.25, -0.2) is 13.1 Å². The fraction of sp³-hybridized carbons (Fsp3) is 0.438. The van der Waals surface area contributed by atoms with Gasteiger partial charge in [0.15, 0.2) is 0 Å². The molecule has 2 N–H and O–H groups in total. The first kappa shape index (κ1) is 16.9. The average molecular weight is 322 g/mol. The molecule has 0 saturated heterocycles. The third kappa shape index (κ3) is 3.63. The first-order chi connectivity index (χ1) is 10.3. The molecule has 6 heteroatoms.